The fourth-order valence-corrected chi connectivity index (χ4v) is 2.47. The summed E-state index contributed by atoms with van der Waals surface area (Å²) in [5, 5.41) is 1.02. The van der Waals surface area contributed by atoms with Gasteiger partial charge in [0.05, 0.1) is 6.54 Å². The van der Waals surface area contributed by atoms with E-state index in [0.29, 0.717) is 6.54 Å². The van der Waals surface area contributed by atoms with Crippen LogP contribution in [0.5, 0.6) is 0 Å². The number of hydrogen-bond acceptors (Lipinski definition) is 1. The number of para-hydroxylation sites is 1. The fourth-order valence-electron chi connectivity index (χ4n) is 2.47. The van der Waals surface area contributed by atoms with E-state index in [1.807, 2.05) is 35.0 Å². The molecule has 3 rings (SSSR count). The van der Waals surface area contributed by atoms with Crippen molar-refractivity contribution in [2.24, 2.45) is 5.73 Å². The van der Waals surface area contributed by atoms with Gasteiger partial charge >= 0.3 is 0 Å². The first-order chi connectivity index (χ1) is 9.70. The molecule has 3 aromatic rings. The van der Waals surface area contributed by atoms with E-state index in [0.717, 1.165) is 16.5 Å². The Balaban J connectivity index is 2.12. The minimum absolute atomic E-state index is 0.0665. The second-order valence-corrected chi connectivity index (χ2v) is 4.70. The Morgan fingerprint density at radius 2 is 1.65 bits per heavy atom. The quantitative estimate of drug-likeness (QED) is 0.778. The molecule has 0 saturated carbocycles. The maximum atomic E-state index is 13.7. The van der Waals surface area contributed by atoms with Crippen LogP contribution in [-0.2, 0) is 13.1 Å². The van der Waals surface area contributed by atoms with Crippen molar-refractivity contribution >= 4 is 10.9 Å². The summed E-state index contributed by atoms with van der Waals surface area (Å²) in [4.78, 5) is 0. The van der Waals surface area contributed by atoms with Crippen LogP contribution in [-0.4, -0.2) is 4.57 Å². The molecule has 0 amide bonds. The van der Waals surface area contributed by atoms with Crippen molar-refractivity contribution in [3.05, 3.63) is 71.4 Å². The third-order valence-corrected chi connectivity index (χ3v) is 3.48. The molecule has 0 fully saturated rings. The van der Waals surface area contributed by atoms with Crippen LogP contribution in [0, 0.1) is 11.6 Å². The van der Waals surface area contributed by atoms with Crippen molar-refractivity contribution in [1.29, 1.82) is 0 Å². The molecule has 2 aromatic carbocycles. The average molecular weight is 272 g/mol. The van der Waals surface area contributed by atoms with Gasteiger partial charge in [-0.1, -0.05) is 24.3 Å². The Hall–Kier alpha value is -2.20. The zero-order valence-electron chi connectivity index (χ0n) is 10.8. The molecule has 2 N–H and O–H groups in total. The minimum atomic E-state index is -0.530. The van der Waals surface area contributed by atoms with Crippen LogP contribution in [0.25, 0.3) is 10.9 Å². The fraction of sp³-hybridized carbons (Fsp3) is 0.125. The van der Waals surface area contributed by atoms with E-state index in [4.69, 9.17) is 5.73 Å². The number of nitrogens with zero attached hydrogens (tertiary/aromatic N) is 1. The molecule has 1 aromatic heterocycles. The summed E-state index contributed by atoms with van der Waals surface area (Å²) in [6, 6.07) is 11.6. The molecule has 1 heterocycles. The second-order valence-electron chi connectivity index (χ2n) is 4.70. The Bertz CT molecular complexity index is 742. The molecule has 102 valence electrons. The van der Waals surface area contributed by atoms with Crippen LogP contribution in [0.4, 0.5) is 8.78 Å². The molecule has 0 atom stereocenters. The first-order valence-corrected chi connectivity index (χ1v) is 6.40. The molecular weight excluding hydrogens is 258 g/mol. The molecule has 0 saturated heterocycles. The van der Waals surface area contributed by atoms with Gasteiger partial charge in [-0.15, -0.1) is 0 Å². The number of halogens is 2. The van der Waals surface area contributed by atoms with Gasteiger partial charge < -0.3 is 10.3 Å². The summed E-state index contributed by atoms with van der Waals surface area (Å²) in [6.45, 7) is 0.548. The number of rotatable bonds is 3. The van der Waals surface area contributed by atoms with Crippen molar-refractivity contribution in [1.82, 2.24) is 4.57 Å². The summed E-state index contributed by atoms with van der Waals surface area (Å²) in [6.07, 6.45) is 1.86. The Morgan fingerprint density at radius 1 is 0.950 bits per heavy atom. The normalized spacial score (nSPS) is 11.2. The van der Waals surface area contributed by atoms with Crippen LogP contribution in [0.1, 0.15) is 11.1 Å². The van der Waals surface area contributed by atoms with E-state index in [-0.39, 0.29) is 12.1 Å². The maximum Gasteiger partial charge on any atom is 0.131 e. The molecular formula is C16H14F2N2. The van der Waals surface area contributed by atoms with Crippen molar-refractivity contribution < 1.29 is 8.78 Å². The molecule has 0 aliphatic heterocycles. The van der Waals surface area contributed by atoms with Gasteiger partial charge in [0, 0.05) is 29.2 Å². The third-order valence-electron chi connectivity index (χ3n) is 3.48. The number of fused-ring (bicyclic) bond motifs is 1. The largest absolute Gasteiger partial charge is 0.342 e. The third kappa shape index (κ3) is 2.08. The molecule has 0 radical (unpaired) electrons. The van der Waals surface area contributed by atoms with Gasteiger partial charge in [0.2, 0.25) is 0 Å². The highest BCUT2D eigenvalue weighted by atomic mass is 19.1. The van der Waals surface area contributed by atoms with E-state index in [1.54, 1.807) is 0 Å². The minimum Gasteiger partial charge on any atom is -0.342 e. The van der Waals surface area contributed by atoms with Crippen molar-refractivity contribution in [2.45, 2.75) is 13.1 Å². The summed E-state index contributed by atoms with van der Waals surface area (Å²) in [5.41, 5.74) is 7.68. The van der Waals surface area contributed by atoms with Gasteiger partial charge in [-0.2, -0.15) is 0 Å². The van der Waals surface area contributed by atoms with Gasteiger partial charge in [-0.25, -0.2) is 8.78 Å². The van der Waals surface area contributed by atoms with Crippen LogP contribution >= 0.6 is 0 Å². The molecule has 0 bridgehead atoms. The predicted molar refractivity (Wildman–Crippen MR) is 75.3 cm³/mol. The topological polar surface area (TPSA) is 30.9 Å². The molecule has 0 unspecified atom stereocenters. The van der Waals surface area contributed by atoms with Crippen LogP contribution < -0.4 is 5.73 Å². The van der Waals surface area contributed by atoms with Crippen molar-refractivity contribution in [3.8, 4) is 0 Å². The van der Waals surface area contributed by atoms with Crippen molar-refractivity contribution in [2.75, 3.05) is 0 Å². The highest BCUT2D eigenvalue weighted by Gasteiger charge is 2.12. The zero-order valence-corrected chi connectivity index (χ0v) is 10.8. The van der Waals surface area contributed by atoms with E-state index in [2.05, 4.69) is 0 Å². The highest BCUT2D eigenvalue weighted by molar-refractivity contribution is 5.84. The summed E-state index contributed by atoms with van der Waals surface area (Å²) in [5.74, 6) is -1.06. The lowest BCUT2D eigenvalue weighted by atomic mass is 10.2. The molecule has 20 heavy (non-hydrogen) atoms. The lowest BCUT2D eigenvalue weighted by Gasteiger charge is -2.07. The van der Waals surface area contributed by atoms with E-state index in [9.17, 15) is 8.78 Å². The number of benzene rings is 2. The zero-order chi connectivity index (χ0) is 14.1. The predicted octanol–water partition coefficient (Wildman–Crippen LogP) is 3.43. The number of nitrogens with two attached hydrogens (primary N) is 1. The first-order valence-electron chi connectivity index (χ1n) is 6.40. The van der Waals surface area contributed by atoms with Crippen molar-refractivity contribution in [3.63, 3.8) is 0 Å². The molecule has 0 spiro atoms. The van der Waals surface area contributed by atoms with Gasteiger partial charge in [-0.3, -0.25) is 0 Å². The van der Waals surface area contributed by atoms with Crippen LogP contribution in [0.3, 0.4) is 0 Å². The molecule has 4 heteroatoms. The van der Waals surface area contributed by atoms with E-state index in [1.165, 1.54) is 18.2 Å². The molecule has 2 nitrogen and oxygen atoms in total. The van der Waals surface area contributed by atoms with E-state index >= 15 is 0 Å². The SMILES string of the molecule is NCc1cn(Cc2c(F)cccc2F)c2ccccc12. The molecule has 0 aliphatic rings. The Kier molecular flexibility index (Phi) is 3.24. The standard InChI is InChI=1S/C16H14F2N2/c17-14-5-3-6-15(18)13(14)10-20-9-11(8-19)12-4-1-2-7-16(12)20/h1-7,9H,8,10,19H2. The Morgan fingerprint density at radius 3 is 2.35 bits per heavy atom. The van der Waals surface area contributed by atoms with Gasteiger partial charge in [-0.05, 0) is 23.8 Å². The number of aromatic nitrogens is 1. The van der Waals surface area contributed by atoms with Gasteiger partial charge in [0.25, 0.3) is 0 Å². The maximum absolute atomic E-state index is 13.7. The van der Waals surface area contributed by atoms with Gasteiger partial charge in [0.1, 0.15) is 11.6 Å². The smallest absolute Gasteiger partial charge is 0.131 e. The second kappa shape index (κ2) is 5.06. The van der Waals surface area contributed by atoms with Crippen LogP contribution in [0.15, 0.2) is 48.7 Å². The monoisotopic (exact) mass is 272 g/mol. The van der Waals surface area contributed by atoms with E-state index < -0.39 is 11.6 Å². The summed E-state index contributed by atoms with van der Waals surface area (Å²) >= 11 is 0. The highest BCUT2D eigenvalue weighted by Crippen LogP contribution is 2.23. The summed E-state index contributed by atoms with van der Waals surface area (Å²) < 4.78 is 29.3. The Labute approximate surface area is 115 Å². The number of hydrogen-bond donors (Lipinski definition) is 1. The van der Waals surface area contributed by atoms with Gasteiger partial charge in [0.15, 0.2) is 0 Å². The first kappa shape index (κ1) is 12.8. The lowest BCUT2D eigenvalue weighted by Crippen LogP contribution is -2.03. The molecule has 0 aliphatic carbocycles. The summed E-state index contributed by atoms with van der Waals surface area (Å²) in [7, 11) is 0. The lowest BCUT2D eigenvalue weighted by molar-refractivity contribution is 0.547. The van der Waals surface area contributed by atoms with Crippen LogP contribution in [0.2, 0.25) is 0 Å². The average Bonchev–Trinajstić information content (AvgIpc) is 2.81.